The first-order valence-electron chi connectivity index (χ1n) is 6.13. The van der Waals surface area contributed by atoms with E-state index in [4.69, 9.17) is 27.9 Å². The largest absolute Gasteiger partial charge is 0.439 e. The molecular weight excluding hydrogens is 293 g/mol. The summed E-state index contributed by atoms with van der Waals surface area (Å²) in [4.78, 5) is 4.15. The van der Waals surface area contributed by atoms with Gasteiger partial charge in [0.15, 0.2) is 0 Å². The van der Waals surface area contributed by atoms with Crippen molar-refractivity contribution in [3.05, 3.63) is 65.3 Å². The molecule has 0 bridgehead atoms. The molecular formula is C16H11Cl2NO. The van der Waals surface area contributed by atoms with Crippen molar-refractivity contribution >= 4 is 34.0 Å². The Morgan fingerprint density at radius 3 is 2.60 bits per heavy atom. The average molecular weight is 304 g/mol. The molecule has 3 aromatic rings. The number of pyridine rings is 1. The van der Waals surface area contributed by atoms with E-state index in [9.17, 15) is 0 Å². The van der Waals surface area contributed by atoms with Crippen molar-refractivity contribution in [1.29, 1.82) is 0 Å². The van der Waals surface area contributed by atoms with Gasteiger partial charge in [-0.25, -0.2) is 4.98 Å². The Balaban J connectivity index is 1.92. The van der Waals surface area contributed by atoms with Crippen LogP contribution in [0.25, 0.3) is 10.8 Å². The van der Waals surface area contributed by atoms with Crippen LogP contribution in [0.2, 0.25) is 5.02 Å². The summed E-state index contributed by atoms with van der Waals surface area (Å²) in [6.45, 7) is 0. The number of hydrogen-bond acceptors (Lipinski definition) is 2. The summed E-state index contributed by atoms with van der Waals surface area (Å²) in [5, 5.41) is 2.84. The lowest BCUT2D eigenvalue weighted by Crippen LogP contribution is -1.90. The first-order valence-corrected chi connectivity index (χ1v) is 7.04. The molecule has 0 amide bonds. The van der Waals surface area contributed by atoms with Gasteiger partial charge < -0.3 is 4.74 Å². The third-order valence-electron chi connectivity index (χ3n) is 3.00. The number of hydrogen-bond donors (Lipinski definition) is 0. The number of aromatic nitrogens is 1. The van der Waals surface area contributed by atoms with Crippen LogP contribution in [-0.4, -0.2) is 4.98 Å². The first kappa shape index (κ1) is 13.2. The normalized spacial score (nSPS) is 10.7. The van der Waals surface area contributed by atoms with Gasteiger partial charge in [0, 0.05) is 18.1 Å². The number of nitrogens with zero attached hydrogens (tertiary/aromatic N) is 1. The van der Waals surface area contributed by atoms with E-state index in [0.717, 1.165) is 16.7 Å². The molecule has 0 aliphatic carbocycles. The number of rotatable bonds is 3. The summed E-state index contributed by atoms with van der Waals surface area (Å²) in [7, 11) is 0. The van der Waals surface area contributed by atoms with Gasteiger partial charge in [0.2, 0.25) is 5.88 Å². The lowest BCUT2D eigenvalue weighted by Gasteiger charge is -2.07. The fourth-order valence-electron chi connectivity index (χ4n) is 1.97. The van der Waals surface area contributed by atoms with Crippen molar-refractivity contribution in [2.24, 2.45) is 0 Å². The van der Waals surface area contributed by atoms with Crippen LogP contribution in [0, 0.1) is 0 Å². The average Bonchev–Trinajstić information content (AvgIpc) is 2.49. The van der Waals surface area contributed by atoms with Crippen LogP contribution < -0.4 is 4.74 Å². The third-order valence-corrected chi connectivity index (χ3v) is 3.63. The van der Waals surface area contributed by atoms with Gasteiger partial charge >= 0.3 is 0 Å². The van der Waals surface area contributed by atoms with Gasteiger partial charge in [0.1, 0.15) is 5.75 Å². The van der Waals surface area contributed by atoms with Gasteiger partial charge in [0.05, 0.1) is 5.02 Å². The molecule has 1 aromatic heterocycles. The predicted molar refractivity (Wildman–Crippen MR) is 82.8 cm³/mol. The molecule has 3 rings (SSSR count). The number of fused-ring (bicyclic) bond motifs is 1. The van der Waals surface area contributed by atoms with E-state index in [-0.39, 0.29) is 0 Å². The standard InChI is InChI=1S/C16H11Cl2NO/c17-9-13-8-16(19-10-15(13)18)20-14-6-5-11-3-1-2-4-12(11)7-14/h1-8,10H,9H2. The Morgan fingerprint density at radius 1 is 1.00 bits per heavy atom. The molecule has 2 aromatic carbocycles. The van der Waals surface area contributed by atoms with Crippen molar-refractivity contribution in [3.63, 3.8) is 0 Å². The predicted octanol–water partition coefficient (Wildman–Crippen LogP) is 5.42. The maximum absolute atomic E-state index is 5.97. The first-order chi connectivity index (χ1) is 9.76. The molecule has 0 N–H and O–H groups in total. The second kappa shape index (κ2) is 5.70. The van der Waals surface area contributed by atoms with Crippen molar-refractivity contribution in [2.75, 3.05) is 0 Å². The van der Waals surface area contributed by atoms with Gasteiger partial charge in [-0.3, -0.25) is 0 Å². The fourth-order valence-corrected chi connectivity index (χ4v) is 2.43. The Labute approximate surface area is 126 Å². The van der Waals surface area contributed by atoms with Crippen LogP contribution >= 0.6 is 23.2 Å². The van der Waals surface area contributed by atoms with Gasteiger partial charge in [0.25, 0.3) is 0 Å². The molecule has 0 fully saturated rings. The highest BCUT2D eigenvalue weighted by Gasteiger charge is 2.05. The van der Waals surface area contributed by atoms with E-state index in [1.54, 1.807) is 12.3 Å². The lowest BCUT2D eigenvalue weighted by atomic mass is 10.1. The molecule has 0 atom stereocenters. The molecule has 0 spiro atoms. The fraction of sp³-hybridized carbons (Fsp3) is 0.0625. The number of benzene rings is 2. The minimum Gasteiger partial charge on any atom is -0.439 e. The van der Waals surface area contributed by atoms with Crippen molar-refractivity contribution < 1.29 is 4.74 Å². The monoisotopic (exact) mass is 303 g/mol. The Morgan fingerprint density at radius 2 is 1.80 bits per heavy atom. The van der Waals surface area contributed by atoms with E-state index in [2.05, 4.69) is 11.1 Å². The zero-order chi connectivity index (χ0) is 13.9. The van der Waals surface area contributed by atoms with Crippen LogP contribution in [0.1, 0.15) is 5.56 Å². The maximum Gasteiger partial charge on any atom is 0.219 e. The maximum atomic E-state index is 5.97. The van der Waals surface area contributed by atoms with Crippen LogP contribution in [0.4, 0.5) is 0 Å². The SMILES string of the molecule is ClCc1cc(Oc2ccc3ccccc3c2)ncc1Cl. The molecule has 20 heavy (non-hydrogen) atoms. The van der Waals surface area contributed by atoms with Crippen molar-refractivity contribution in [1.82, 2.24) is 4.98 Å². The minimum absolute atomic E-state index is 0.329. The number of halogens is 2. The Bertz CT molecular complexity index is 758. The molecule has 4 heteroatoms. The number of ether oxygens (including phenoxy) is 1. The summed E-state index contributed by atoms with van der Waals surface area (Å²) in [6.07, 6.45) is 1.55. The molecule has 0 radical (unpaired) electrons. The molecule has 100 valence electrons. The van der Waals surface area contributed by atoms with Crippen molar-refractivity contribution in [2.45, 2.75) is 5.88 Å². The van der Waals surface area contributed by atoms with E-state index >= 15 is 0 Å². The summed E-state index contributed by atoms with van der Waals surface area (Å²) in [5.41, 5.74) is 0.805. The van der Waals surface area contributed by atoms with E-state index in [1.165, 1.54) is 5.39 Å². The molecule has 0 aliphatic rings. The zero-order valence-corrected chi connectivity index (χ0v) is 12.0. The van der Waals surface area contributed by atoms with Crippen LogP contribution in [0.15, 0.2) is 54.7 Å². The highest BCUT2D eigenvalue weighted by Crippen LogP contribution is 2.27. The molecule has 0 saturated heterocycles. The Kier molecular flexibility index (Phi) is 3.77. The molecule has 0 unspecified atom stereocenters. The van der Waals surface area contributed by atoms with Crippen LogP contribution in [-0.2, 0) is 5.88 Å². The van der Waals surface area contributed by atoms with E-state index in [0.29, 0.717) is 16.8 Å². The topological polar surface area (TPSA) is 22.1 Å². The lowest BCUT2D eigenvalue weighted by molar-refractivity contribution is 0.463. The number of alkyl halides is 1. The second-order valence-corrected chi connectivity index (χ2v) is 5.03. The van der Waals surface area contributed by atoms with E-state index < -0.39 is 0 Å². The van der Waals surface area contributed by atoms with E-state index in [1.807, 2.05) is 36.4 Å². The van der Waals surface area contributed by atoms with Gasteiger partial charge in [-0.15, -0.1) is 11.6 Å². The van der Waals surface area contributed by atoms with Gasteiger partial charge in [-0.05, 0) is 28.5 Å². The van der Waals surface area contributed by atoms with Gasteiger partial charge in [-0.1, -0.05) is 41.9 Å². The van der Waals surface area contributed by atoms with Crippen LogP contribution in [0.3, 0.4) is 0 Å². The minimum atomic E-state index is 0.329. The summed E-state index contributed by atoms with van der Waals surface area (Å²) < 4.78 is 5.76. The highest BCUT2D eigenvalue weighted by molar-refractivity contribution is 6.32. The summed E-state index contributed by atoms with van der Waals surface area (Å²) in [6, 6.07) is 15.8. The highest BCUT2D eigenvalue weighted by atomic mass is 35.5. The summed E-state index contributed by atoms with van der Waals surface area (Å²) in [5.74, 6) is 1.55. The molecule has 2 nitrogen and oxygen atoms in total. The molecule has 0 aliphatic heterocycles. The smallest absolute Gasteiger partial charge is 0.219 e. The second-order valence-electron chi connectivity index (χ2n) is 4.36. The van der Waals surface area contributed by atoms with Crippen LogP contribution in [0.5, 0.6) is 11.6 Å². The van der Waals surface area contributed by atoms with Gasteiger partial charge in [-0.2, -0.15) is 0 Å². The molecule has 0 saturated carbocycles. The molecule has 1 heterocycles. The Hall–Kier alpha value is -1.77. The zero-order valence-electron chi connectivity index (χ0n) is 10.5. The van der Waals surface area contributed by atoms with Crippen molar-refractivity contribution in [3.8, 4) is 11.6 Å². The quantitative estimate of drug-likeness (QED) is 0.603. The third kappa shape index (κ3) is 2.72. The summed E-state index contributed by atoms with van der Waals surface area (Å²) >= 11 is 11.8.